The first kappa shape index (κ1) is 78.3. The van der Waals surface area contributed by atoms with Crippen LogP contribution in [-0.4, -0.2) is 346 Å². The van der Waals surface area contributed by atoms with Crippen molar-refractivity contribution >= 4 is 94.9 Å². The van der Waals surface area contributed by atoms with Gasteiger partial charge in [0.05, 0.1) is 22.3 Å². The first-order valence-corrected chi connectivity index (χ1v) is 30.5. The van der Waals surface area contributed by atoms with E-state index in [9.17, 15) is 57.5 Å². The van der Waals surface area contributed by atoms with E-state index >= 15 is 0 Å². The lowest BCUT2D eigenvalue weighted by Crippen LogP contribution is -2.54. The monoisotopic (exact) mass is 1350 g/mol. The summed E-state index contributed by atoms with van der Waals surface area (Å²) < 4.78 is 0. The van der Waals surface area contributed by atoms with E-state index in [0.29, 0.717) is 105 Å². The highest BCUT2D eigenvalue weighted by Crippen LogP contribution is 2.23. The van der Waals surface area contributed by atoms with E-state index in [4.69, 9.17) is 20.4 Å². The molecule has 4 aliphatic heterocycles. The summed E-state index contributed by atoms with van der Waals surface area (Å²) in [7, 11) is 18.7. The molecule has 0 bridgehead atoms. The van der Waals surface area contributed by atoms with Crippen molar-refractivity contribution in [2.45, 2.75) is 0 Å². The van der Waals surface area contributed by atoms with Crippen LogP contribution in [0.5, 0.6) is 0 Å². The molecule has 33 heteroatoms. The van der Waals surface area contributed by atoms with Gasteiger partial charge >= 0.3 is 72.1 Å². The number of amides is 16. The normalized spacial score (nSPS) is 14.1. The minimum Gasteiger partial charge on any atom is -0.478 e. The summed E-state index contributed by atoms with van der Waals surface area (Å²) in [4.78, 5) is 165. The van der Waals surface area contributed by atoms with E-state index in [0.717, 1.165) is 42.3 Å². The Morgan fingerprint density at radius 2 is 0.381 bits per heavy atom. The van der Waals surface area contributed by atoms with Crippen molar-refractivity contribution in [1.82, 2.24) is 58.8 Å². The predicted octanol–water partition coefficient (Wildman–Crippen LogP) is 4.14. The molecule has 4 fully saturated rings. The second-order valence-electron chi connectivity index (χ2n) is 23.4. The fourth-order valence-electron chi connectivity index (χ4n) is 10.3. The molecular weight excluding hydrogens is 1260 g/mol. The summed E-state index contributed by atoms with van der Waals surface area (Å²) in [5, 5.41) is 35.7. The van der Waals surface area contributed by atoms with Gasteiger partial charge in [-0.25, -0.2) is 77.1 Å². The molecule has 4 aliphatic rings. The maximum atomic E-state index is 12.3. The Hall–Kier alpha value is -11.1. The summed E-state index contributed by atoms with van der Waals surface area (Å²) in [6.07, 6.45) is 0. The van der Waals surface area contributed by atoms with E-state index < -0.39 is 23.9 Å². The number of hydrogen-bond acceptors (Lipinski definition) is 16. The number of benzene rings is 4. The van der Waals surface area contributed by atoms with Gasteiger partial charge in [-0.2, -0.15) is 0 Å². The molecule has 0 saturated carbocycles. The third kappa shape index (κ3) is 21.4. The number of piperazine rings is 4. The molecule has 6 N–H and O–H groups in total. The molecule has 0 aromatic heterocycles. The Labute approximate surface area is 563 Å². The lowest BCUT2D eigenvalue weighted by Gasteiger charge is -2.37. The van der Waals surface area contributed by atoms with Gasteiger partial charge in [0.1, 0.15) is 0 Å². The van der Waals surface area contributed by atoms with Crippen LogP contribution in [0.2, 0.25) is 0 Å². The maximum Gasteiger partial charge on any atom is 0.335 e. The fourth-order valence-corrected chi connectivity index (χ4v) is 10.3. The Balaban J connectivity index is 0.000000274. The zero-order valence-corrected chi connectivity index (χ0v) is 56.9. The Morgan fingerprint density at radius 1 is 0.247 bits per heavy atom. The van der Waals surface area contributed by atoms with Crippen LogP contribution >= 0.6 is 0 Å². The number of nitrogens with zero attached hydrogens (tertiary/aromatic N) is 16. The topological polar surface area (TPSA) is 369 Å². The average molecular weight is 1360 g/mol. The minimum atomic E-state index is -0.953. The van der Waals surface area contributed by atoms with Gasteiger partial charge in [-0.1, -0.05) is 0 Å². The van der Waals surface area contributed by atoms with Crippen LogP contribution in [0.25, 0.3) is 0 Å². The Bertz CT molecular complexity index is 2930. The third-order valence-electron chi connectivity index (χ3n) is 15.9. The second-order valence-corrected chi connectivity index (χ2v) is 23.4. The average Bonchev–Trinajstić information content (AvgIpc) is 1.24. The summed E-state index contributed by atoms with van der Waals surface area (Å²) >= 11 is 0. The molecule has 4 heterocycles. The Kier molecular flexibility index (Phi) is 29.0. The molecule has 4 aromatic carbocycles. The van der Waals surface area contributed by atoms with Gasteiger partial charge in [0, 0.05) is 212 Å². The zero-order valence-electron chi connectivity index (χ0n) is 56.9. The number of aromatic carboxylic acids is 4. The predicted molar refractivity (Wildman–Crippen MR) is 361 cm³/mol. The lowest BCUT2D eigenvalue weighted by molar-refractivity contribution is 0.0686. The van der Waals surface area contributed by atoms with E-state index in [1.807, 2.05) is 0 Å². The smallest absolute Gasteiger partial charge is 0.335 e. The van der Waals surface area contributed by atoms with Crippen molar-refractivity contribution in [2.75, 3.05) is 209 Å². The summed E-state index contributed by atoms with van der Waals surface area (Å²) in [5.74, 6) is -3.81. The number of carbonyl (C=O) groups is 12. The van der Waals surface area contributed by atoms with Gasteiger partial charge in [0.15, 0.2) is 0 Å². The van der Waals surface area contributed by atoms with Crippen LogP contribution in [0, 0.1) is 0 Å². The minimum absolute atomic E-state index is 0. The van der Waals surface area contributed by atoms with Crippen LogP contribution in [-0.2, 0) is 0 Å². The van der Waals surface area contributed by atoms with E-state index in [1.165, 1.54) is 47.8 Å². The number of imide groups is 4. The van der Waals surface area contributed by atoms with Gasteiger partial charge in [0.25, 0.3) is 0 Å². The zero-order chi connectivity index (χ0) is 71.4. The summed E-state index contributed by atoms with van der Waals surface area (Å²) in [6, 6.07) is 24.0. The van der Waals surface area contributed by atoms with E-state index in [-0.39, 0.29) is 76.0 Å². The maximum absolute atomic E-state index is 12.3. The number of rotatable bonds is 8. The quantitative estimate of drug-likeness (QED) is 0.193. The standard InChI is InChI=1S/4C16H22N4O4.H2O/c4*1-17(2)15(23)18(3)16(24)20-10-8-19(9-11-20)13-6-4-12(5-7-13)14(21)22;/h4*4-7H,8-11H2,1-3H3,(H,21,22);1H2. The number of urea groups is 8. The van der Waals surface area contributed by atoms with E-state index in [2.05, 4.69) is 19.6 Å². The molecule has 97 heavy (non-hydrogen) atoms. The van der Waals surface area contributed by atoms with Crippen LogP contribution in [0.3, 0.4) is 0 Å². The van der Waals surface area contributed by atoms with Crippen LogP contribution in [0.15, 0.2) is 97.1 Å². The van der Waals surface area contributed by atoms with Crippen molar-refractivity contribution in [3.63, 3.8) is 0 Å². The molecule has 528 valence electrons. The Morgan fingerprint density at radius 3 is 0.495 bits per heavy atom. The summed E-state index contributed by atoms with van der Waals surface area (Å²) in [6.45, 7) is 9.05. The molecule has 0 unspecified atom stereocenters. The molecule has 33 nitrogen and oxygen atoms in total. The third-order valence-corrected chi connectivity index (χ3v) is 15.9. The van der Waals surface area contributed by atoms with Gasteiger partial charge in [-0.05, 0) is 97.1 Å². The van der Waals surface area contributed by atoms with Crippen LogP contribution < -0.4 is 19.6 Å². The molecule has 0 atom stereocenters. The fraction of sp³-hybridized carbons (Fsp3) is 0.438. The first-order valence-electron chi connectivity index (χ1n) is 30.5. The first-order chi connectivity index (χ1) is 45.2. The SMILES string of the molecule is CN(C)C(=O)N(C)C(=O)N1CCN(c2ccc(C(=O)O)cc2)CC1.CN(C)C(=O)N(C)C(=O)N1CCN(c2ccc(C(=O)O)cc2)CC1.CN(C)C(=O)N(C)C(=O)N1CCN(c2ccc(C(=O)O)cc2)CC1.CN(C)C(=O)N(C)C(=O)N1CCN(c2ccc(C(=O)O)cc2)CC1.O. The lowest BCUT2D eigenvalue weighted by atomic mass is 10.2. The molecule has 4 saturated heterocycles. The molecular formula is C64H90N16O17. The molecule has 8 rings (SSSR count). The van der Waals surface area contributed by atoms with Crippen LogP contribution in [0.4, 0.5) is 61.1 Å². The van der Waals surface area contributed by atoms with Crippen LogP contribution in [0.1, 0.15) is 41.4 Å². The number of carbonyl (C=O) groups excluding carboxylic acids is 8. The molecule has 0 aliphatic carbocycles. The second kappa shape index (κ2) is 36.0. The van der Waals surface area contributed by atoms with Gasteiger partial charge < -0.3 is 84.7 Å². The molecule has 0 radical (unpaired) electrons. The molecule has 0 spiro atoms. The van der Waals surface area contributed by atoms with Gasteiger partial charge in [-0.15, -0.1) is 0 Å². The largest absolute Gasteiger partial charge is 0.478 e. The van der Waals surface area contributed by atoms with Crippen molar-refractivity contribution in [2.24, 2.45) is 0 Å². The van der Waals surface area contributed by atoms with Gasteiger partial charge in [0.2, 0.25) is 0 Å². The highest BCUT2D eigenvalue weighted by atomic mass is 16.4. The number of carboxylic acids is 4. The highest BCUT2D eigenvalue weighted by Gasteiger charge is 2.32. The van der Waals surface area contributed by atoms with Crippen molar-refractivity contribution in [1.29, 1.82) is 0 Å². The summed E-state index contributed by atoms with van der Waals surface area (Å²) in [5.41, 5.74) is 4.67. The number of anilines is 4. The molecule has 4 aromatic rings. The molecule has 16 amide bonds. The van der Waals surface area contributed by atoms with Crippen molar-refractivity contribution < 1.29 is 83.4 Å². The van der Waals surface area contributed by atoms with E-state index in [1.54, 1.807) is 173 Å². The van der Waals surface area contributed by atoms with Gasteiger partial charge in [-0.3, -0.25) is 0 Å². The van der Waals surface area contributed by atoms with Crippen molar-refractivity contribution in [3.05, 3.63) is 119 Å². The number of carboxylic acid groups (broad SMARTS) is 4. The van der Waals surface area contributed by atoms with Crippen molar-refractivity contribution in [3.8, 4) is 0 Å². The number of hydrogen-bond donors (Lipinski definition) is 4. The highest BCUT2D eigenvalue weighted by molar-refractivity contribution is 5.96.